The first-order valence-corrected chi connectivity index (χ1v) is 4.55. The molecule has 0 aromatic heterocycles. The van der Waals surface area contributed by atoms with Crippen molar-refractivity contribution in [1.29, 1.82) is 5.26 Å². The monoisotopic (exact) mass is 199 g/mol. The van der Waals surface area contributed by atoms with Crippen LogP contribution in [0.25, 0.3) is 0 Å². The maximum atomic E-state index is 11.3. The molecule has 3 nitrogen and oxygen atoms in total. The van der Waals surface area contributed by atoms with Gasteiger partial charge in [0, 0.05) is 5.03 Å². The Morgan fingerprint density at radius 1 is 1.54 bits per heavy atom. The lowest BCUT2D eigenvalue weighted by molar-refractivity contribution is -0.137. The molecule has 13 heavy (non-hydrogen) atoms. The number of nitrogens with zero attached hydrogens (tertiary/aromatic N) is 1. The number of rotatable bonds is 2. The van der Waals surface area contributed by atoms with Crippen molar-refractivity contribution < 1.29 is 9.53 Å². The van der Waals surface area contributed by atoms with Gasteiger partial charge in [-0.1, -0.05) is 11.6 Å². The maximum absolute atomic E-state index is 11.3. The molecule has 0 heterocycles. The first-order chi connectivity index (χ1) is 6.25. The number of halogens is 1. The van der Waals surface area contributed by atoms with Crippen molar-refractivity contribution in [2.24, 2.45) is 0 Å². The SMILES string of the molecule is N#CCOC(=O)C1=C(Cl)CCCC1. The molecule has 0 atom stereocenters. The highest BCUT2D eigenvalue weighted by atomic mass is 35.5. The van der Waals surface area contributed by atoms with E-state index in [9.17, 15) is 4.79 Å². The van der Waals surface area contributed by atoms with Crippen LogP contribution >= 0.6 is 11.6 Å². The van der Waals surface area contributed by atoms with Crippen LogP contribution in [0.2, 0.25) is 0 Å². The van der Waals surface area contributed by atoms with Crippen LogP contribution in [0, 0.1) is 11.3 Å². The lowest BCUT2D eigenvalue weighted by Crippen LogP contribution is -2.12. The molecule has 0 saturated heterocycles. The van der Waals surface area contributed by atoms with Gasteiger partial charge in [0.1, 0.15) is 6.07 Å². The van der Waals surface area contributed by atoms with Gasteiger partial charge in [0.2, 0.25) is 0 Å². The lowest BCUT2D eigenvalue weighted by Gasteiger charge is -2.13. The highest BCUT2D eigenvalue weighted by molar-refractivity contribution is 6.31. The van der Waals surface area contributed by atoms with Crippen LogP contribution in [0.15, 0.2) is 10.6 Å². The molecule has 1 aliphatic carbocycles. The average molecular weight is 200 g/mol. The molecule has 0 N–H and O–H groups in total. The molecular weight excluding hydrogens is 190 g/mol. The van der Waals surface area contributed by atoms with Crippen molar-refractivity contribution in [2.45, 2.75) is 25.7 Å². The number of carbonyl (C=O) groups excluding carboxylic acids is 1. The standard InChI is InChI=1S/C9H10ClNO2/c10-8-4-2-1-3-7(8)9(12)13-6-5-11/h1-4,6H2. The summed E-state index contributed by atoms with van der Waals surface area (Å²) in [7, 11) is 0. The fourth-order valence-corrected chi connectivity index (χ4v) is 1.57. The number of esters is 1. The number of ether oxygens (including phenoxy) is 1. The van der Waals surface area contributed by atoms with Crippen molar-refractivity contribution in [2.75, 3.05) is 6.61 Å². The van der Waals surface area contributed by atoms with Crippen LogP contribution in [-0.4, -0.2) is 12.6 Å². The van der Waals surface area contributed by atoms with Crippen LogP contribution in [-0.2, 0) is 9.53 Å². The summed E-state index contributed by atoms with van der Waals surface area (Å²) in [6.07, 6.45) is 3.41. The van der Waals surface area contributed by atoms with Gasteiger partial charge in [-0.25, -0.2) is 4.79 Å². The highest BCUT2D eigenvalue weighted by Crippen LogP contribution is 2.27. The Hall–Kier alpha value is -1.01. The van der Waals surface area contributed by atoms with Gasteiger partial charge < -0.3 is 4.74 Å². The van der Waals surface area contributed by atoms with Crippen LogP contribution in [0.1, 0.15) is 25.7 Å². The van der Waals surface area contributed by atoms with E-state index in [0.717, 1.165) is 19.3 Å². The third-order valence-electron chi connectivity index (χ3n) is 1.91. The summed E-state index contributed by atoms with van der Waals surface area (Å²) in [6, 6.07) is 1.74. The normalized spacial score (nSPS) is 16.6. The van der Waals surface area contributed by atoms with Gasteiger partial charge in [0.05, 0.1) is 5.57 Å². The Balaban J connectivity index is 2.59. The Morgan fingerprint density at radius 2 is 2.23 bits per heavy atom. The largest absolute Gasteiger partial charge is 0.447 e. The first-order valence-electron chi connectivity index (χ1n) is 4.17. The van der Waals surface area contributed by atoms with E-state index in [4.69, 9.17) is 16.9 Å². The minimum atomic E-state index is -0.439. The predicted molar refractivity (Wildman–Crippen MR) is 47.9 cm³/mol. The fraction of sp³-hybridized carbons (Fsp3) is 0.556. The second kappa shape index (κ2) is 4.88. The van der Waals surface area contributed by atoms with Crippen LogP contribution in [0.4, 0.5) is 0 Å². The second-order valence-electron chi connectivity index (χ2n) is 2.82. The summed E-state index contributed by atoms with van der Waals surface area (Å²) in [4.78, 5) is 11.3. The Bertz CT molecular complexity index is 278. The summed E-state index contributed by atoms with van der Waals surface area (Å²) in [6.45, 7) is -0.202. The molecule has 70 valence electrons. The number of carbonyl (C=O) groups is 1. The molecule has 0 saturated carbocycles. The number of nitriles is 1. The number of hydrogen-bond acceptors (Lipinski definition) is 3. The molecule has 0 bridgehead atoms. The maximum Gasteiger partial charge on any atom is 0.336 e. The van der Waals surface area contributed by atoms with Crippen LogP contribution in [0.5, 0.6) is 0 Å². The van der Waals surface area contributed by atoms with Gasteiger partial charge in [0.15, 0.2) is 6.61 Å². The third-order valence-corrected chi connectivity index (χ3v) is 2.33. The summed E-state index contributed by atoms with van der Waals surface area (Å²) in [5.41, 5.74) is 0.545. The van der Waals surface area contributed by atoms with E-state index in [1.165, 1.54) is 0 Å². The van der Waals surface area contributed by atoms with Gasteiger partial charge >= 0.3 is 5.97 Å². The van der Waals surface area contributed by atoms with E-state index < -0.39 is 5.97 Å². The smallest absolute Gasteiger partial charge is 0.336 e. The molecule has 0 fully saturated rings. The van der Waals surface area contributed by atoms with Gasteiger partial charge in [0.25, 0.3) is 0 Å². The molecule has 0 aliphatic heterocycles. The Morgan fingerprint density at radius 3 is 2.85 bits per heavy atom. The molecule has 1 rings (SSSR count). The number of hydrogen-bond donors (Lipinski definition) is 0. The molecule has 1 aliphatic rings. The van der Waals surface area contributed by atoms with Crippen molar-refractivity contribution in [3.8, 4) is 6.07 Å². The first kappa shape index (κ1) is 10.1. The Labute approximate surface area is 81.9 Å². The van der Waals surface area contributed by atoms with Gasteiger partial charge in [-0.05, 0) is 25.7 Å². The van der Waals surface area contributed by atoms with Gasteiger partial charge in [-0.2, -0.15) is 5.26 Å². The summed E-state index contributed by atoms with van der Waals surface area (Å²) in [5, 5.41) is 8.79. The molecule has 0 unspecified atom stereocenters. The molecule has 4 heteroatoms. The zero-order valence-electron chi connectivity index (χ0n) is 7.18. The second-order valence-corrected chi connectivity index (χ2v) is 3.28. The number of allylic oxidation sites excluding steroid dienone is 1. The summed E-state index contributed by atoms with van der Waals surface area (Å²) >= 11 is 5.85. The average Bonchev–Trinajstić information content (AvgIpc) is 2.15. The lowest BCUT2D eigenvalue weighted by atomic mass is 9.99. The highest BCUT2D eigenvalue weighted by Gasteiger charge is 2.18. The van der Waals surface area contributed by atoms with Crippen molar-refractivity contribution in [3.63, 3.8) is 0 Å². The zero-order chi connectivity index (χ0) is 9.68. The minimum Gasteiger partial charge on any atom is -0.447 e. The topological polar surface area (TPSA) is 50.1 Å². The molecule has 0 radical (unpaired) electrons. The molecule has 0 amide bonds. The fourth-order valence-electron chi connectivity index (χ4n) is 1.27. The van der Waals surface area contributed by atoms with E-state index in [1.807, 2.05) is 0 Å². The van der Waals surface area contributed by atoms with Crippen LogP contribution < -0.4 is 0 Å². The van der Waals surface area contributed by atoms with Crippen molar-refractivity contribution >= 4 is 17.6 Å². The van der Waals surface area contributed by atoms with Crippen molar-refractivity contribution in [3.05, 3.63) is 10.6 Å². The predicted octanol–water partition coefficient (Wildman–Crippen LogP) is 2.12. The molecule has 0 aromatic carbocycles. The van der Waals surface area contributed by atoms with E-state index in [2.05, 4.69) is 4.74 Å². The van der Waals surface area contributed by atoms with E-state index in [-0.39, 0.29) is 6.61 Å². The molecule has 0 spiro atoms. The van der Waals surface area contributed by atoms with Crippen molar-refractivity contribution in [1.82, 2.24) is 0 Å². The van der Waals surface area contributed by atoms with Gasteiger partial charge in [-0.15, -0.1) is 0 Å². The summed E-state index contributed by atoms with van der Waals surface area (Å²) in [5.74, 6) is -0.439. The van der Waals surface area contributed by atoms with E-state index >= 15 is 0 Å². The van der Waals surface area contributed by atoms with E-state index in [1.54, 1.807) is 6.07 Å². The molecule has 0 aromatic rings. The Kier molecular flexibility index (Phi) is 3.78. The third kappa shape index (κ3) is 2.74. The quantitative estimate of drug-likeness (QED) is 0.640. The molecular formula is C9H10ClNO2. The summed E-state index contributed by atoms with van der Waals surface area (Å²) < 4.78 is 4.66. The minimum absolute atomic E-state index is 0.202. The van der Waals surface area contributed by atoms with E-state index in [0.29, 0.717) is 17.0 Å². The van der Waals surface area contributed by atoms with Gasteiger partial charge in [-0.3, -0.25) is 0 Å². The zero-order valence-corrected chi connectivity index (χ0v) is 7.93. The van der Waals surface area contributed by atoms with Crippen LogP contribution in [0.3, 0.4) is 0 Å².